The zero-order valence-corrected chi connectivity index (χ0v) is 20.2. The SMILES string of the molecule is Cc1nn(-c2ccccc2)c2c1C(NC(=O)C13CCC(C)(C(=O)C1)C3(C)C)CC(C)(C)C2. The lowest BCUT2D eigenvalue weighted by molar-refractivity contribution is -0.137. The standard InChI is InChI=1S/C27H35N3O2/c1-17-22-19(28-23(32)27-13-12-26(6,21(31)16-27)25(27,4)5)14-24(2,3)15-20(22)30(29-17)18-10-8-7-9-11-18/h7-11,19H,12-16H2,1-6H3,(H,28,32). The smallest absolute Gasteiger partial charge is 0.227 e. The number of aromatic nitrogens is 2. The molecule has 2 fully saturated rings. The van der Waals surface area contributed by atoms with Crippen molar-refractivity contribution in [2.75, 3.05) is 0 Å². The molecule has 2 bridgehead atoms. The average Bonchev–Trinajstić information content (AvgIpc) is 3.20. The van der Waals surface area contributed by atoms with Crippen LogP contribution in [0.5, 0.6) is 0 Å². The van der Waals surface area contributed by atoms with Gasteiger partial charge in [0.1, 0.15) is 5.78 Å². The highest BCUT2D eigenvalue weighted by molar-refractivity contribution is 5.99. The number of fused-ring (bicyclic) bond motifs is 3. The summed E-state index contributed by atoms with van der Waals surface area (Å²) in [6.45, 7) is 12.9. The first kappa shape index (κ1) is 21.4. The lowest BCUT2D eigenvalue weighted by atomic mass is 9.64. The van der Waals surface area contributed by atoms with Gasteiger partial charge in [0.2, 0.25) is 5.91 Å². The van der Waals surface area contributed by atoms with E-state index in [2.05, 4.69) is 56.8 Å². The Kier molecular flexibility index (Phi) is 4.39. The zero-order valence-electron chi connectivity index (χ0n) is 20.2. The van der Waals surface area contributed by atoms with Crippen molar-refractivity contribution in [1.29, 1.82) is 0 Å². The van der Waals surface area contributed by atoms with E-state index in [4.69, 9.17) is 5.10 Å². The first-order chi connectivity index (χ1) is 14.9. The Morgan fingerprint density at radius 3 is 2.34 bits per heavy atom. The topological polar surface area (TPSA) is 64.0 Å². The molecule has 2 aromatic rings. The first-order valence-electron chi connectivity index (χ1n) is 11.9. The van der Waals surface area contributed by atoms with Crippen LogP contribution in [-0.4, -0.2) is 21.5 Å². The van der Waals surface area contributed by atoms with Gasteiger partial charge in [0.05, 0.1) is 28.5 Å². The van der Waals surface area contributed by atoms with Gasteiger partial charge in [-0.1, -0.05) is 52.8 Å². The average molecular weight is 434 g/mol. The fourth-order valence-corrected chi connectivity index (χ4v) is 6.95. The fourth-order valence-electron chi connectivity index (χ4n) is 6.95. The maximum absolute atomic E-state index is 13.9. The van der Waals surface area contributed by atoms with Crippen LogP contribution in [0.1, 0.15) is 83.3 Å². The van der Waals surface area contributed by atoms with Gasteiger partial charge in [0, 0.05) is 17.4 Å². The molecule has 1 aromatic carbocycles. The van der Waals surface area contributed by atoms with Gasteiger partial charge in [-0.05, 0) is 55.6 Å². The van der Waals surface area contributed by atoms with Crippen LogP contribution in [0.25, 0.3) is 5.69 Å². The van der Waals surface area contributed by atoms with Crippen LogP contribution in [0.2, 0.25) is 0 Å². The molecule has 3 aliphatic rings. The minimum atomic E-state index is -0.607. The van der Waals surface area contributed by atoms with Gasteiger partial charge < -0.3 is 5.32 Å². The minimum absolute atomic E-state index is 0.0345. The van der Waals surface area contributed by atoms with Crippen molar-refractivity contribution in [3.05, 3.63) is 47.3 Å². The Bertz CT molecular complexity index is 1110. The molecule has 1 amide bonds. The van der Waals surface area contributed by atoms with Crippen molar-refractivity contribution >= 4 is 11.7 Å². The van der Waals surface area contributed by atoms with E-state index >= 15 is 0 Å². The Morgan fingerprint density at radius 1 is 1.06 bits per heavy atom. The van der Waals surface area contributed by atoms with Crippen LogP contribution in [0.4, 0.5) is 0 Å². The molecule has 3 unspecified atom stereocenters. The molecule has 0 saturated heterocycles. The van der Waals surface area contributed by atoms with Crippen molar-refractivity contribution in [3.8, 4) is 5.69 Å². The van der Waals surface area contributed by atoms with E-state index in [-0.39, 0.29) is 28.6 Å². The summed E-state index contributed by atoms with van der Waals surface area (Å²) in [7, 11) is 0. The van der Waals surface area contributed by atoms with Gasteiger partial charge in [-0.15, -0.1) is 0 Å². The molecule has 170 valence electrons. The molecule has 1 heterocycles. The number of hydrogen-bond acceptors (Lipinski definition) is 3. The molecule has 0 spiro atoms. The van der Waals surface area contributed by atoms with Crippen LogP contribution >= 0.6 is 0 Å². The Hall–Kier alpha value is -2.43. The van der Waals surface area contributed by atoms with Crippen molar-refractivity contribution < 1.29 is 9.59 Å². The Labute approximate surface area is 191 Å². The van der Waals surface area contributed by atoms with Gasteiger partial charge in [0.25, 0.3) is 0 Å². The summed E-state index contributed by atoms with van der Waals surface area (Å²) >= 11 is 0. The number of amides is 1. The van der Waals surface area contributed by atoms with E-state index in [1.807, 2.05) is 25.1 Å². The number of nitrogens with zero attached hydrogens (tertiary/aromatic N) is 2. The van der Waals surface area contributed by atoms with Gasteiger partial charge in [0.15, 0.2) is 0 Å². The van der Waals surface area contributed by atoms with Crippen LogP contribution in [0.3, 0.4) is 0 Å². The molecule has 5 heteroatoms. The van der Waals surface area contributed by atoms with Crippen LogP contribution < -0.4 is 5.32 Å². The van der Waals surface area contributed by atoms with Crippen molar-refractivity contribution in [2.24, 2.45) is 21.7 Å². The largest absolute Gasteiger partial charge is 0.349 e. The number of hydrogen-bond donors (Lipinski definition) is 1. The molecular weight excluding hydrogens is 398 g/mol. The lowest BCUT2D eigenvalue weighted by Gasteiger charge is -2.41. The number of para-hydroxylation sites is 1. The first-order valence-corrected chi connectivity index (χ1v) is 11.9. The number of rotatable bonds is 3. The second-order valence-electron chi connectivity index (χ2n) is 11.9. The lowest BCUT2D eigenvalue weighted by Crippen LogP contribution is -2.49. The molecule has 3 atom stereocenters. The number of benzene rings is 1. The molecule has 32 heavy (non-hydrogen) atoms. The molecule has 1 N–H and O–H groups in total. The quantitative estimate of drug-likeness (QED) is 0.733. The van der Waals surface area contributed by atoms with Crippen LogP contribution in [0.15, 0.2) is 30.3 Å². The molecule has 5 rings (SSSR count). The van der Waals surface area contributed by atoms with Crippen molar-refractivity contribution in [1.82, 2.24) is 15.1 Å². The molecule has 3 aliphatic carbocycles. The molecule has 1 aromatic heterocycles. The van der Waals surface area contributed by atoms with Gasteiger partial charge in [-0.25, -0.2) is 4.68 Å². The summed E-state index contributed by atoms with van der Waals surface area (Å²) in [4.78, 5) is 26.8. The van der Waals surface area contributed by atoms with Gasteiger partial charge in [-0.3, -0.25) is 9.59 Å². The van der Waals surface area contributed by atoms with Crippen molar-refractivity contribution in [3.63, 3.8) is 0 Å². The maximum Gasteiger partial charge on any atom is 0.227 e. The summed E-state index contributed by atoms with van der Waals surface area (Å²) < 4.78 is 2.05. The highest BCUT2D eigenvalue weighted by Crippen LogP contribution is 2.70. The summed E-state index contributed by atoms with van der Waals surface area (Å²) in [6, 6.07) is 10.1. The van der Waals surface area contributed by atoms with E-state index in [0.29, 0.717) is 6.42 Å². The van der Waals surface area contributed by atoms with Crippen LogP contribution in [-0.2, 0) is 16.0 Å². The summed E-state index contributed by atoms with van der Waals surface area (Å²) in [6.07, 6.45) is 3.75. The van der Waals surface area contributed by atoms with E-state index in [0.717, 1.165) is 42.6 Å². The van der Waals surface area contributed by atoms with Gasteiger partial charge >= 0.3 is 0 Å². The number of aryl methyl sites for hydroxylation is 1. The molecule has 0 aliphatic heterocycles. The van der Waals surface area contributed by atoms with E-state index in [1.165, 1.54) is 5.69 Å². The third-order valence-corrected chi connectivity index (χ3v) is 9.40. The Balaban J connectivity index is 1.53. The van der Waals surface area contributed by atoms with E-state index < -0.39 is 10.8 Å². The molecule has 2 saturated carbocycles. The monoisotopic (exact) mass is 433 g/mol. The summed E-state index contributed by atoms with van der Waals surface area (Å²) in [5.41, 5.74) is 3.06. The van der Waals surface area contributed by atoms with E-state index in [1.54, 1.807) is 0 Å². The third kappa shape index (κ3) is 2.66. The maximum atomic E-state index is 13.9. The summed E-state index contributed by atoms with van der Waals surface area (Å²) in [5, 5.41) is 8.34. The highest BCUT2D eigenvalue weighted by atomic mass is 16.2. The van der Waals surface area contributed by atoms with E-state index in [9.17, 15) is 9.59 Å². The number of Topliss-reactive ketones (excluding diaryl/α,β-unsaturated/α-hetero) is 1. The Morgan fingerprint density at radius 2 is 1.75 bits per heavy atom. The minimum Gasteiger partial charge on any atom is -0.349 e. The number of nitrogens with one attached hydrogen (secondary N) is 1. The number of carbonyl (C=O) groups is 2. The molecule has 0 radical (unpaired) electrons. The predicted octanol–water partition coefficient (Wildman–Crippen LogP) is 5.10. The summed E-state index contributed by atoms with van der Waals surface area (Å²) in [5.74, 6) is 0.305. The fraction of sp³-hybridized carbons (Fsp3) is 0.593. The molecular formula is C27H35N3O2. The predicted molar refractivity (Wildman–Crippen MR) is 124 cm³/mol. The highest BCUT2D eigenvalue weighted by Gasteiger charge is 2.72. The number of ketones is 1. The third-order valence-electron chi connectivity index (χ3n) is 9.40. The number of carbonyl (C=O) groups excluding carboxylic acids is 2. The van der Waals surface area contributed by atoms with Gasteiger partial charge in [-0.2, -0.15) is 5.10 Å². The molecule has 5 nitrogen and oxygen atoms in total. The second-order valence-corrected chi connectivity index (χ2v) is 11.9. The van der Waals surface area contributed by atoms with Crippen molar-refractivity contribution in [2.45, 2.75) is 79.7 Å². The zero-order chi connectivity index (χ0) is 23.1. The van der Waals surface area contributed by atoms with Crippen LogP contribution in [0, 0.1) is 28.6 Å². The second kappa shape index (κ2) is 6.55. The normalized spacial score (nSPS) is 32.1.